The van der Waals surface area contributed by atoms with Gasteiger partial charge in [0.1, 0.15) is 0 Å². The highest BCUT2D eigenvalue weighted by atomic mass is 35.5. The lowest BCUT2D eigenvalue weighted by atomic mass is 10.1. The Balaban J connectivity index is 2.12. The maximum Gasteiger partial charge on any atom is 0.252 e. The molecule has 2 amide bonds. The van der Waals surface area contributed by atoms with E-state index in [2.05, 4.69) is 16.0 Å². The maximum absolute atomic E-state index is 11.9. The van der Waals surface area contributed by atoms with Crippen LogP contribution in [0.2, 0.25) is 5.02 Å². The van der Waals surface area contributed by atoms with Crippen LogP contribution < -0.4 is 16.0 Å². The summed E-state index contributed by atoms with van der Waals surface area (Å²) < 4.78 is 0. The van der Waals surface area contributed by atoms with E-state index in [1.54, 1.807) is 18.2 Å². The van der Waals surface area contributed by atoms with Crippen LogP contribution >= 0.6 is 11.6 Å². The van der Waals surface area contributed by atoms with Crippen LogP contribution in [0.1, 0.15) is 23.2 Å². The van der Waals surface area contributed by atoms with E-state index in [4.69, 9.17) is 11.6 Å². The van der Waals surface area contributed by atoms with Gasteiger partial charge in [-0.2, -0.15) is 0 Å². The van der Waals surface area contributed by atoms with Gasteiger partial charge in [-0.1, -0.05) is 11.6 Å². The SMILES string of the molecule is CNC(=O)c1cc(NC(=O)[C@H]2CCCN2)ccc1Cl. The zero-order valence-corrected chi connectivity index (χ0v) is 11.4. The van der Waals surface area contributed by atoms with E-state index in [1.165, 1.54) is 7.05 Å². The number of carbonyl (C=O) groups is 2. The van der Waals surface area contributed by atoms with Crippen molar-refractivity contribution in [1.82, 2.24) is 10.6 Å². The van der Waals surface area contributed by atoms with Crippen LogP contribution in [0.3, 0.4) is 0 Å². The molecular weight excluding hydrogens is 266 g/mol. The third kappa shape index (κ3) is 3.24. The Morgan fingerprint density at radius 1 is 1.42 bits per heavy atom. The van der Waals surface area contributed by atoms with Gasteiger partial charge in [-0.3, -0.25) is 9.59 Å². The lowest BCUT2D eigenvalue weighted by Gasteiger charge is -2.12. The number of hydrogen-bond acceptors (Lipinski definition) is 3. The molecule has 0 unspecified atom stereocenters. The van der Waals surface area contributed by atoms with Gasteiger partial charge in [-0.25, -0.2) is 0 Å². The van der Waals surface area contributed by atoms with Gasteiger partial charge in [-0.05, 0) is 37.6 Å². The molecule has 0 aromatic heterocycles. The summed E-state index contributed by atoms with van der Waals surface area (Å²) in [5.74, 6) is -0.359. The molecule has 1 aliphatic heterocycles. The first kappa shape index (κ1) is 13.8. The van der Waals surface area contributed by atoms with Gasteiger partial charge in [0.25, 0.3) is 5.91 Å². The number of carbonyl (C=O) groups excluding carboxylic acids is 2. The standard InChI is InChI=1S/C13H16ClN3O2/c1-15-12(18)9-7-8(4-5-10(9)14)17-13(19)11-3-2-6-16-11/h4-5,7,11,16H,2-3,6H2,1H3,(H,15,18)(H,17,19)/t11-/m1/s1. The predicted molar refractivity (Wildman–Crippen MR) is 74.5 cm³/mol. The summed E-state index contributed by atoms with van der Waals surface area (Å²) in [7, 11) is 1.53. The number of anilines is 1. The first-order chi connectivity index (χ1) is 9.11. The van der Waals surface area contributed by atoms with E-state index in [9.17, 15) is 9.59 Å². The molecule has 0 aliphatic carbocycles. The summed E-state index contributed by atoms with van der Waals surface area (Å²) in [6.45, 7) is 0.863. The van der Waals surface area contributed by atoms with Crippen molar-refractivity contribution in [3.63, 3.8) is 0 Å². The highest BCUT2D eigenvalue weighted by Gasteiger charge is 2.22. The van der Waals surface area contributed by atoms with Crippen LogP contribution in [-0.4, -0.2) is 31.4 Å². The van der Waals surface area contributed by atoms with E-state index in [1.807, 2.05) is 0 Å². The Hall–Kier alpha value is -1.59. The van der Waals surface area contributed by atoms with Crippen molar-refractivity contribution in [2.75, 3.05) is 18.9 Å². The van der Waals surface area contributed by atoms with Crippen LogP contribution in [-0.2, 0) is 4.79 Å². The second-order valence-corrected chi connectivity index (χ2v) is 4.82. The number of benzene rings is 1. The van der Waals surface area contributed by atoms with Crippen LogP contribution in [0.15, 0.2) is 18.2 Å². The summed E-state index contributed by atoms with van der Waals surface area (Å²) in [4.78, 5) is 23.6. The summed E-state index contributed by atoms with van der Waals surface area (Å²) in [6, 6.07) is 4.71. The minimum absolute atomic E-state index is 0.0809. The number of halogens is 1. The lowest BCUT2D eigenvalue weighted by molar-refractivity contribution is -0.117. The third-order valence-corrected chi connectivity index (χ3v) is 3.41. The van der Waals surface area contributed by atoms with Crippen LogP contribution in [0.25, 0.3) is 0 Å². The number of rotatable bonds is 3. The lowest BCUT2D eigenvalue weighted by Crippen LogP contribution is -2.35. The number of hydrogen-bond donors (Lipinski definition) is 3. The van der Waals surface area contributed by atoms with Crippen molar-refractivity contribution in [2.45, 2.75) is 18.9 Å². The van der Waals surface area contributed by atoms with Gasteiger partial charge in [0, 0.05) is 12.7 Å². The van der Waals surface area contributed by atoms with Gasteiger partial charge in [0.05, 0.1) is 16.6 Å². The van der Waals surface area contributed by atoms with Crippen molar-refractivity contribution in [3.05, 3.63) is 28.8 Å². The van der Waals surface area contributed by atoms with Gasteiger partial charge >= 0.3 is 0 Å². The van der Waals surface area contributed by atoms with E-state index in [0.717, 1.165) is 19.4 Å². The fourth-order valence-corrected chi connectivity index (χ4v) is 2.25. The molecule has 6 heteroatoms. The Morgan fingerprint density at radius 2 is 2.21 bits per heavy atom. The molecule has 1 atom stereocenters. The molecule has 1 saturated heterocycles. The van der Waals surface area contributed by atoms with Crippen molar-refractivity contribution < 1.29 is 9.59 Å². The molecule has 3 N–H and O–H groups in total. The van der Waals surface area contributed by atoms with Gasteiger partial charge < -0.3 is 16.0 Å². The number of amides is 2. The minimum Gasteiger partial charge on any atom is -0.355 e. The quantitative estimate of drug-likeness (QED) is 0.784. The zero-order valence-electron chi connectivity index (χ0n) is 10.6. The Kier molecular flexibility index (Phi) is 4.39. The Bertz CT molecular complexity index is 499. The highest BCUT2D eigenvalue weighted by molar-refractivity contribution is 6.34. The van der Waals surface area contributed by atoms with E-state index < -0.39 is 0 Å². The molecule has 102 valence electrons. The van der Waals surface area contributed by atoms with Gasteiger partial charge in [0.2, 0.25) is 5.91 Å². The number of nitrogens with one attached hydrogen (secondary N) is 3. The average molecular weight is 282 g/mol. The summed E-state index contributed by atoms with van der Waals surface area (Å²) in [6.07, 6.45) is 1.84. The van der Waals surface area contributed by atoms with Crippen LogP contribution in [0, 0.1) is 0 Å². The zero-order chi connectivity index (χ0) is 13.8. The topological polar surface area (TPSA) is 70.2 Å². The normalized spacial score (nSPS) is 18.1. The molecule has 1 fully saturated rings. The predicted octanol–water partition coefficient (Wildman–Crippen LogP) is 1.39. The second kappa shape index (κ2) is 6.04. The molecule has 1 aromatic carbocycles. The Morgan fingerprint density at radius 3 is 2.84 bits per heavy atom. The molecule has 5 nitrogen and oxygen atoms in total. The average Bonchev–Trinajstić information content (AvgIpc) is 2.94. The van der Waals surface area contributed by atoms with Gasteiger partial charge in [-0.15, -0.1) is 0 Å². The molecule has 0 saturated carbocycles. The summed E-state index contributed by atoms with van der Waals surface area (Å²) >= 11 is 5.95. The smallest absolute Gasteiger partial charge is 0.252 e. The molecular formula is C13H16ClN3O2. The largest absolute Gasteiger partial charge is 0.355 e. The molecule has 1 aromatic rings. The highest BCUT2D eigenvalue weighted by Crippen LogP contribution is 2.21. The fraction of sp³-hybridized carbons (Fsp3) is 0.385. The maximum atomic E-state index is 11.9. The summed E-state index contributed by atoms with van der Waals surface area (Å²) in [5, 5.41) is 8.78. The van der Waals surface area contributed by atoms with Crippen molar-refractivity contribution in [1.29, 1.82) is 0 Å². The van der Waals surface area contributed by atoms with Crippen LogP contribution in [0.5, 0.6) is 0 Å². The minimum atomic E-state index is -0.278. The summed E-state index contributed by atoms with van der Waals surface area (Å²) in [5.41, 5.74) is 0.919. The molecule has 1 aliphatic rings. The molecule has 0 bridgehead atoms. The Labute approximate surface area is 116 Å². The molecule has 1 heterocycles. The monoisotopic (exact) mass is 281 g/mol. The van der Waals surface area contributed by atoms with E-state index in [-0.39, 0.29) is 17.9 Å². The van der Waals surface area contributed by atoms with Crippen molar-refractivity contribution >= 4 is 29.1 Å². The molecule has 2 rings (SSSR count). The second-order valence-electron chi connectivity index (χ2n) is 4.41. The van der Waals surface area contributed by atoms with Gasteiger partial charge in [0.15, 0.2) is 0 Å². The van der Waals surface area contributed by atoms with E-state index in [0.29, 0.717) is 16.3 Å². The molecule has 0 radical (unpaired) electrons. The molecule has 19 heavy (non-hydrogen) atoms. The van der Waals surface area contributed by atoms with Crippen molar-refractivity contribution in [2.24, 2.45) is 0 Å². The van der Waals surface area contributed by atoms with E-state index >= 15 is 0 Å². The first-order valence-corrected chi connectivity index (χ1v) is 6.55. The fourth-order valence-electron chi connectivity index (χ4n) is 2.05. The molecule has 0 spiro atoms. The third-order valence-electron chi connectivity index (χ3n) is 3.08. The first-order valence-electron chi connectivity index (χ1n) is 6.17. The van der Waals surface area contributed by atoms with Crippen LogP contribution in [0.4, 0.5) is 5.69 Å². The van der Waals surface area contributed by atoms with Crippen molar-refractivity contribution in [3.8, 4) is 0 Å².